The lowest BCUT2D eigenvalue weighted by Crippen LogP contribution is -2.45. The van der Waals surface area contributed by atoms with Gasteiger partial charge < -0.3 is 24.1 Å². The third-order valence-corrected chi connectivity index (χ3v) is 3.63. The van der Waals surface area contributed by atoms with Crippen molar-refractivity contribution in [1.29, 1.82) is 0 Å². The van der Waals surface area contributed by atoms with Gasteiger partial charge in [0.2, 0.25) is 0 Å². The molecular weight excluding hydrogens is 362 g/mol. The average Bonchev–Trinajstić information content (AvgIpc) is 3.07. The lowest BCUT2D eigenvalue weighted by atomic mass is 10.1. The lowest BCUT2D eigenvalue weighted by Gasteiger charge is -2.22. The lowest BCUT2D eigenvalue weighted by molar-refractivity contribution is -0.143. The fourth-order valence-corrected chi connectivity index (χ4v) is 2.42. The van der Waals surface area contributed by atoms with Gasteiger partial charge >= 0.3 is 12.1 Å². The summed E-state index contributed by atoms with van der Waals surface area (Å²) >= 11 is 0. The molecule has 0 spiro atoms. The molecule has 1 N–H and O–H groups in total. The van der Waals surface area contributed by atoms with E-state index in [9.17, 15) is 9.59 Å². The minimum Gasteiger partial charge on any atom is -0.467 e. The number of imidazole rings is 1. The molecule has 0 aliphatic carbocycles. The van der Waals surface area contributed by atoms with Crippen LogP contribution in [0.1, 0.15) is 32.0 Å². The molecule has 1 heterocycles. The van der Waals surface area contributed by atoms with Crippen LogP contribution in [0.5, 0.6) is 0 Å². The molecule has 0 aliphatic rings. The molecule has 2 aromatic rings. The van der Waals surface area contributed by atoms with Crippen molar-refractivity contribution in [2.75, 3.05) is 7.11 Å². The van der Waals surface area contributed by atoms with Crippen molar-refractivity contribution >= 4 is 12.1 Å². The summed E-state index contributed by atoms with van der Waals surface area (Å²) in [5.41, 5.74) is 1.03. The number of ether oxygens (including phenoxy) is 3. The standard InChI is InChI=1S/C20H27N3O5/c1-20(2,3)28-19(25)22-17(18(24)26-4)10-16-11-23(13-21-16)14-27-12-15-8-6-5-7-9-15/h5-9,11,13,17H,10,12,14H2,1-4H3,(H,22,25). The van der Waals surface area contributed by atoms with E-state index in [0.29, 0.717) is 19.0 Å². The molecule has 0 fully saturated rings. The Bertz CT molecular complexity index is 768. The summed E-state index contributed by atoms with van der Waals surface area (Å²) in [6.45, 7) is 6.05. The number of benzene rings is 1. The fourth-order valence-electron chi connectivity index (χ4n) is 2.42. The van der Waals surface area contributed by atoms with Gasteiger partial charge in [0.05, 0.1) is 25.7 Å². The number of amides is 1. The largest absolute Gasteiger partial charge is 0.467 e. The van der Waals surface area contributed by atoms with Gasteiger partial charge in [-0.1, -0.05) is 30.3 Å². The van der Waals surface area contributed by atoms with E-state index in [0.717, 1.165) is 5.56 Å². The van der Waals surface area contributed by atoms with Crippen molar-refractivity contribution in [3.05, 3.63) is 54.1 Å². The highest BCUT2D eigenvalue weighted by Crippen LogP contribution is 2.09. The van der Waals surface area contributed by atoms with E-state index >= 15 is 0 Å². The first-order valence-corrected chi connectivity index (χ1v) is 8.96. The number of esters is 1. The van der Waals surface area contributed by atoms with Crippen molar-refractivity contribution in [1.82, 2.24) is 14.9 Å². The van der Waals surface area contributed by atoms with Gasteiger partial charge in [-0.2, -0.15) is 0 Å². The highest BCUT2D eigenvalue weighted by Gasteiger charge is 2.26. The van der Waals surface area contributed by atoms with Gasteiger partial charge in [-0.15, -0.1) is 0 Å². The predicted molar refractivity (Wildman–Crippen MR) is 102 cm³/mol. The third kappa shape index (κ3) is 7.40. The number of methoxy groups -OCH3 is 1. The molecule has 0 bridgehead atoms. The van der Waals surface area contributed by atoms with Crippen LogP contribution in [0.15, 0.2) is 42.9 Å². The van der Waals surface area contributed by atoms with E-state index in [4.69, 9.17) is 14.2 Å². The van der Waals surface area contributed by atoms with Crippen LogP contribution in [0.4, 0.5) is 4.79 Å². The minimum atomic E-state index is -0.895. The normalized spacial score (nSPS) is 12.3. The molecule has 0 saturated carbocycles. The van der Waals surface area contributed by atoms with Crippen molar-refractivity contribution in [3.63, 3.8) is 0 Å². The van der Waals surface area contributed by atoms with Crippen LogP contribution in [-0.4, -0.2) is 40.4 Å². The summed E-state index contributed by atoms with van der Waals surface area (Å²) in [6.07, 6.45) is 2.87. The zero-order valence-corrected chi connectivity index (χ0v) is 16.7. The third-order valence-electron chi connectivity index (χ3n) is 3.63. The Morgan fingerprint density at radius 1 is 1.21 bits per heavy atom. The number of hydrogen-bond donors (Lipinski definition) is 1. The van der Waals surface area contributed by atoms with Crippen LogP contribution in [0.2, 0.25) is 0 Å². The summed E-state index contributed by atoms with van der Waals surface area (Å²) in [5, 5.41) is 2.53. The topological polar surface area (TPSA) is 91.7 Å². The highest BCUT2D eigenvalue weighted by atomic mass is 16.6. The van der Waals surface area contributed by atoms with Gasteiger partial charge in [0.15, 0.2) is 0 Å². The Morgan fingerprint density at radius 2 is 1.93 bits per heavy atom. The van der Waals surface area contributed by atoms with Crippen molar-refractivity contribution < 1.29 is 23.8 Å². The molecular formula is C20H27N3O5. The smallest absolute Gasteiger partial charge is 0.408 e. The van der Waals surface area contributed by atoms with Gasteiger partial charge in [0.1, 0.15) is 18.4 Å². The zero-order chi connectivity index (χ0) is 20.6. The molecule has 0 radical (unpaired) electrons. The number of rotatable bonds is 8. The van der Waals surface area contributed by atoms with E-state index in [1.807, 2.05) is 30.3 Å². The molecule has 0 aliphatic heterocycles. The molecule has 0 saturated heterocycles. The number of nitrogens with zero attached hydrogens (tertiary/aromatic N) is 2. The van der Waals surface area contributed by atoms with E-state index in [1.54, 1.807) is 37.9 Å². The molecule has 1 amide bonds. The molecule has 28 heavy (non-hydrogen) atoms. The van der Waals surface area contributed by atoms with Crippen LogP contribution in [0.25, 0.3) is 0 Å². The van der Waals surface area contributed by atoms with Crippen molar-refractivity contribution in [3.8, 4) is 0 Å². The molecule has 1 unspecified atom stereocenters. The van der Waals surface area contributed by atoms with Crippen molar-refractivity contribution in [2.24, 2.45) is 0 Å². The second kappa shape index (κ2) is 9.89. The number of carbonyl (C=O) groups is 2. The second-order valence-corrected chi connectivity index (χ2v) is 7.27. The van der Waals surface area contributed by atoms with Crippen LogP contribution >= 0.6 is 0 Å². The molecule has 1 atom stereocenters. The number of aromatic nitrogens is 2. The maximum Gasteiger partial charge on any atom is 0.408 e. The van der Waals surface area contributed by atoms with Crippen LogP contribution in [-0.2, 0) is 38.8 Å². The van der Waals surface area contributed by atoms with Crippen LogP contribution < -0.4 is 5.32 Å². The van der Waals surface area contributed by atoms with Gasteiger partial charge in [0, 0.05) is 12.6 Å². The Morgan fingerprint density at radius 3 is 2.57 bits per heavy atom. The van der Waals surface area contributed by atoms with Gasteiger partial charge in [-0.05, 0) is 26.3 Å². The quantitative estimate of drug-likeness (QED) is 0.698. The fraction of sp³-hybridized carbons (Fsp3) is 0.450. The Balaban J connectivity index is 1.90. The molecule has 8 heteroatoms. The summed E-state index contributed by atoms with van der Waals surface area (Å²) < 4.78 is 17.4. The molecule has 1 aromatic heterocycles. The Kier molecular flexibility index (Phi) is 7.57. The van der Waals surface area contributed by atoms with Crippen LogP contribution in [0, 0.1) is 0 Å². The van der Waals surface area contributed by atoms with E-state index in [-0.39, 0.29) is 6.42 Å². The SMILES string of the molecule is COC(=O)C(Cc1cn(COCc2ccccc2)cn1)NC(=O)OC(C)(C)C. The van der Waals surface area contributed by atoms with E-state index in [2.05, 4.69) is 10.3 Å². The van der Waals surface area contributed by atoms with Gasteiger partial charge in [0.25, 0.3) is 0 Å². The number of carbonyl (C=O) groups excluding carboxylic acids is 2. The zero-order valence-electron chi connectivity index (χ0n) is 16.7. The first-order chi connectivity index (χ1) is 13.3. The van der Waals surface area contributed by atoms with Crippen LogP contribution in [0.3, 0.4) is 0 Å². The first kappa shape index (κ1) is 21.4. The summed E-state index contributed by atoms with van der Waals surface area (Å²) in [6, 6.07) is 8.95. The average molecular weight is 389 g/mol. The Labute approximate surface area is 164 Å². The summed E-state index contributed by atoms with van der Waals surface area (Å²) in [5.74, 6) is -0.569. The van der Waals surface area contributed by atoms with Gasteiger partial charge in [-0.25, -0.2) is 14.6 Å². The van der Waals surface area contributed by atoms with Gasteiger partial charge in [-0.3, -0.25) is 0 Å². The summed E-state index contributed by atoms with van der Waals surface area (Å²) in [4.78, 5) is 28.2. The van der Waals surface area contributed by atoms with E-state index < -0.39 is 23.7 Å². The predicted octanol–water partition coefficient (Wildman–Crippen LogP) is 2.67. The maximum atomic E-state index is 12.0. The molecule has 2 rings (SSSR count). The maximum absolute atomic E-state index is 12.0. The molecule has 8 nitrogen and oxygen atoms in total. The van der Waals surface area contributed by atoms with E-state index in [1.165, 1.54) is 7.11 Å². The first-order valence-electron chi connectivity index (χ1n) is 8.96. The minimum absolute atomic E-state index is 0.178. The number of hydrogen-bond acceptors (Lipinski definition) is 6. The summed E-state index contributed by atoms with van der Waals surface area (Å²) in [7, 11) is 1.27. The van der Waals surface area contributed by atoms with Crippen molar-refractivity contribution in [2.45, 2.75) is 52.2 Å². The number of alkyl carbamates (subject to hydrolysis) is 1. The highest BCUT2D eigenvalue weighted by molar-refractivity contribution is 5.81. The number of nitrogens with one attached hydrogen (secondary N) is 1. The molecule has 152 valence electrons. The molecule has 1 aromatic carbocycles. The second-order valence-electron chi connectivity index (χ2n) is 7.27. The monoisotopic (exact) mass is 389 g/mol. The Hall–Kier alpha value is -2.87.